The number of hydrogen-bond donors (Lipinski definition) is 2. The van der Waals surface area contributed by atoms with E-state index in [-0.39, 0.29) is 17.6 Å². The van der Waals surface area contributed by atoms with Crippen LogP contribution in [0.25, 0.3) is 5.69 Å². The number of carboxylic acids is 1. The number of carbonyl (C=O) groups is 2. The van der Waals surface area contributed by atoms with Crippen molar-refractivity contribution in [3.63, 3.8) is 0 Å². The first-order valence-corrected chi connectivity index (χ1v) is 9.65. The standard InChI is InChI=1S/C21H25N5O3/c1-4-16(5-2)26-14(3)11-19(24-26)20(27)22-13-15-7-6-8-17(12-15)25-10-9-18(23-25)21(28)29/h6-12,16H,4-5,13H2,1-3H3,(H,22,27)(H,28,29). The molecule has 8 nitrogen and oxygen atoms in total. The van der Waals surface area contributed by atoms with Crippen molar-refractivity contribution in [3.8, 4) is 5.69 Å². The van der Waals surface area contributed by atoms with Crippen molar-refractivity contribution in [1.82, 2.24) is 24.9 Å². The van der Waals surface area contributed by atoms with Crippen LogP contribution in [-0.2, 0) is 6.54 Å². The highest BCUT2D eigenvalue weighted by atomic mass is 16.4. The summed E-state index contributed by atoms with van der Waals surface area (Å²) in [5.74, 6) is -1.30. The molecule has 3 rings (SSSR count). The van der Waals surface area contributed by atoms with E-state index in [1.165, 1.54) is 10.7 Å². The van der Waals surface area contributed by atoms with Crippen molar-refractivity contribution in [2.24, 2.45) is 0 Å². The second-order valence-corrected chi connectivity index (χ2v) is 6.89. The van der Waals surface area contributed by atoms with E-state index in [1.54, 1.807) is 12.3 Å². The summed E-state index contributed by atoms with van der Waals surface area (Å²) in [4.78, 5) is 23.5. The number of hydrogen-bond acceptors (Lipinski definition) is 4. The molecule has 0 aliphatic carbocycles. The Morgan fingerprint density at radius 3 is 2.52 bits per heavy atom. The summed E-state index contributed by atoms with van der Waals surface area (Å²) >= 11 is 0. The summed E-state index contributed by atoms with van der Waals surface area (Å²) in [6.07, 6.45) is 3.52. The van der Waals surface area contributed by atoms with Crippen LogP contribution in [0.5, 0.6) is 0 Å². The van der Waals surface area contributed by atoms with Crippen LogP contribution in [0.2, 0.25) is 0 Å². The van der Waals surface area contributed by atoms with E-state index >= 15 is 0 Å². The van der Waals surface area contributed by atoms with E-state index in [9.17, 15) is 9.59 Å². The maximum Gasteiger partial charge on any atom is 0.356 e. The van der Waals surface area contributed by atoms with Gasteiger partial charge in [-0.25, -0.2) is 9.48 Å². The molecule has 2 heterocycles. The summed E-state index contributed by atoms with van der Waals surface area (Å²) in [7, 11) is 0. The van der Waals surface area contributed by atoms with E-state index in [0.29, 0.717) is 12.2 Å². The number of benzene rings is 1. The van der Waals surface area contributed by atoms with Crippen LogP contribution >= 0.6 is 0 Å². The first-order valence-electron chi connectivity index (χ1n) is 9.65. The maximum absolute atomic E-state index is 12.5. The maximum atomic E-state index is 12.5. The zero-order valence-corrected chi connectivity index (χ0v) is 16.8. The summed E-state index contributed by atoms with van der Waals surface area (Å²) in [5.41, 5.74) is 2.95. The van der Waals surface area contributed by atoms with Crippen LogP contribution in [0, 0.1) is 6.92 Å². The van der Waals surface area contributed by atoms with Crippen molar-refractivity contribution in [1.29, 1.82) is 0 Å². The number of carboxylic acid groups (broad SMARTS) is 1. The average molecular weight is 395 g/mol. The van der Waals surface area contributed by atoms with Crippen molar-refractivity contribution in [3.05, 3.63) is 65.2 Å². The summed E-state index contributed by atoms with van der Waals surface area (Å²) in [6, 6.07) is 10.9. The van der Waals surface area contributed by atoms with Crippen LogP contribution in [0.4, 0.5) is 0 Å². The Morgan fingerprint density at radius 1 is 1.10 bits per heavy atom. The van der Waals surface area contributed by atoms with Gasteiger partial charge in [0, 0.05) is 18.4 Å². The zero-order valence-electron chi connectivity index (χ0n) is 16.8. The minimum atomic E-state index is -1.07. The van der Waals surface area contributed by atoms with E-state index in [1.807, 2.05) is 35.9 Å². The molecule has 3 aromatic rings. The van der Waals surface area contributed by atoms with E-state index in [0.717, 1.165) is 29.8 Å². The van der Waals surface area contributed by atoms with Gasteiger partial charge >= 0.3 is 5.97 Å². The summed E-state index contributed by atoms with van der Waals surface area (Å²) in [5, 5.41) is 20.4. The smallest absolute Gasteiger partial charge is 0.356 e. The molecule has 0 spiro atoms. The molecule has 0 unspecified atom stereocenters. The Hall–Kier alpha value is -3.42. The normalized spacial score (nSPS) is 11.0. The van der Waals surface area contributed by atoms with Crippen molar-refractivity contribution in [2.75, 3.05) is 0 Å². The third-order valence-corrected chi connectivity index (χ3v) is 4.88. The number of nitrogens with zero attached hydrogens (tertiary/aromatic N) is 4. The Balaban J connectivity index is 1.69. The highest BCUT2D eigenvalue weighted by Crippen LogP contribution is 2.18. The van der Waals surface area contributed by atoms with Crippen LogP contribution in [-0.4, -0.2) is 36.5 Å². The van der Waals surface area contributed by atoms with Gasteiger partial charge in [0.15, 0.2) is 5.69 Å². The molecule has 2 N–H and O–H groups in total. The molecule has 152 valence electrons. The molecule has 2 aromatic heterocycles. The fourth-order valence-electron chi connectivity index (χ4n) is 3.27. The molecular formula is C21H25N5O3. The number of amides is 1. The van der Waals surface area contributed by atoms with Crippen molar-refractivity contribution in [2.45, 2.75) is 46.2 Å². The number of rotatable bonds is 8. The zero-order chi connectivity index (χ0) is 21.0. The second kappa shape index (κ2) is 8.72. The molecule has 1 amide bonds. The lowest BCUT2D eigenvalue weighted by molar-refractivity contribution is 0.0689. The molecule has 0 bridgehead atoms. The van der Waals surface area contributed by atoms with Crippen LogP contribution in [0.3, 0.4) is 0 Å². The van der Waals surface area contributed by atoms with E-state index < -0.39 is 5.97 Å². The lowest BCUT2D eigenvalue weighted by Crippen LogP contribution is -2.23. The summed E-state index contributed by atoms with van der Waals surface area (Å²) in [6.45, 7) is 6.51. The predicted octanol–water partition coefficient (Wildman–Crippen LogP) is 3.37. The molecule has 1 aromatic carbocycles. The van der Waals surface area contributed by atoms with Crippen LogP contribution in [0.15, 0.2) is 42.6 Å². The van der Waals surface area contributed by atoms with Gasteiger partial charge in [0.05, 0.1) is 11.7 Å². The molecular weight excluding hydrogens is 370 g/mol. The highest BCUT2D eigenvalue weighted by molar-refractivity contribution is 5.92. The number of carbonyl (C=O) groups excluding carboxylic acids is 1. The Labute approximate surface area is 169 Å². The fraction of sp³-hybridized carbons (Fsp3) is 0.333. The number of aromatic carboxylic acids is 1. The molecule has 0 radical (unpaired) electrons. The third-order valence-electron chi connectivity index (χ3n) is 4.88. The third kappa shape index (κ3) is 4.53. The van der Waals surface area contributed by atoms with Crippen LogP contribution < -0.4 is 5.32 Å². The molecule has 0 fully saturated rings. The molecule has 0 saturated heterocycles. The van der Waals surface area contributed by atoms with Gasteiger partial charge < -0.3 is 10.4 Å². The molecule has 8 heteroatoms. The quantitative estimate of drug-likeness (QED) is 0.609. The predicted molar refractivity (Wildman–Crippen MR) is 108 cm³/mol. The van der Waals surface area contributed by atoms with E-state index in [4.69, 9.17) is 5.11 Å². The molecule has 0 aliphatic heterocycles. The largest absolute Gasteiger partial charge is 0.476 e. The van der Waals surface area contributed by atoms with Gasteiger partial charge in [-0.1, -0.05) is 26.0 Å². The SMILES string of the molecule is CCC(CC)n1nc(C(=O)NCc2cccc(-n3ccc(C(=O)O)n3)c2)cc1C. The molecule has 0 aliphatic rings. The van der Waals surface area contributed by atoms with Crippen molar-refractivity contribution < 1.29 is 14.7 Å². The van der Waals surface area contributed by atoms with Gasteiger partial charge in [0.25, 0.3) is 5.91 Å². The Morgan fingerprint density at radius 2 is 1.86 bits per heavy atom. The monoisotopic (exact) mass is 395 g/mol. The van der Waals surface area contributed by atoms with Gasteiger partial charge in [-0.05, 0) is 49.6 Å². The van der Waals surface area contributed by atoms with Gasteiger partial charge in [-0.2, -0.15) is 10.2 Å². The van der Waals surface area contributed by atoms with Gasteiger partial charge in [-0.3, -0.25) is 9.48 Å². The lowest BCUT2D eigenvalue weighted by Gasteiger charge is -2.14. The summed E-state index contributed by atoms with van der Waals surface area (Å²) < 4.78 is 3.42. The Kier molecular flexibility index (Phi) is 6.11. The van der Waals surface area contributed by atoms with Gasteiger partial charge in [0.1, 0.15) is 5.69 Å². The second-order valence-electron chi connectivity index (χ2n) is 6.89. The van der Waals surface area contributed by atoms with Crippen molar-refractivity contribution >= 4 is 11.9 Å². The lowest BCUT2D eigenvalue weighted by atomic mass is 10.2. The minimum Gasteiger partial charge on any atom is -0.476 e. The number of aromatic nitrogens is 4. The molecule has 0 saturated carbocycles. The highest BCUT2D eigenvalue weighted by Gasteiger charge is 2.16. The minimum absolute atomic E-state index is 0.0212. The average Bonchev–Trinajstić information content (AvgIpc) is 3.35. The topological polar surface area (TPSA) is 102 Å². The Bertz CT molecular complexity index is 1020. The molecule has 0 atom stereocenters. The van der Waals surface area contributed by atoms with Crippen LogP contribution in [0.1, 0.15) is 65.0 Å². The number of aryl methyl sites for hydroxylation is 1. The first-order chi connectivity index (χ1) is 13.9. The fourth-order valence-corrected chi connectivity index (χ4v) is 3.27. The van der Waals surface area contributed by atoms with E-state index in [2.05, 4.69) is 29.4 Å². The number of nitrogens with one attached hydrogen (secondary N) is 1. The first kappa shape index (κ1) is 20.3. The van der Waals surface area contributed by atoms with Gasteiger partial charge in [-0.15, -0.1) is 0 Å². The molecule has 29 heavy (non-hydrogen) atoms. The van der Waals surface area contributed by atoms with Gasteiger partial charge in [0.2, 0.25) is 0 Å².